The van der Waals surface area contributed by atoms with Gasteiger partial charge in [0.2, 0.25) is 5.91 Å². The van der Waals surface area contributed by atoms with Crippen LogP contribution in [0.4, 0.5) is 0 Å². The third-order valence-corrected chi connectivity index (χ3v) is 4.78. The number of nitrogens with two attached hydrogens (primary N) is 2. The van der Waals surface area contributed by atoms with Crippen LogP contribution < -0.4 is 16.2 Å². The molecular formula is C25H52I7N3O7S. The molecule has 0 saturated carbocycles. The lowest BCUT2D eigenvalue weighted by Crippen LogP contribution is -2.30. The number of carboxylic acid groups (broad SMARTS) is 1. The van der Waals surface area contributed by atoms with Crippen LogP contribution >= 0.6 is 168 Å². The second-order valence-electron chi connectivity index (χ2n) is 8.60. The van der Waals surface area contributed by atoms with Crippen molar-refractivity contribution in [2.45, 2.75) is 72.3 Å². The summed E-state index contributed by atoms with van der Waals surface area (Å²) in [5.41, 5.74) is 9.29. The SMILES string of the molecule is CC(C)(O)C(=O)c1ccc(OCCO)cc1.CC(CCC(C)C(=O)O)C(N)=O.CCCCCN.I.I.I.I.I.I.I.N=S. The van der Waals surface area contributed by atoms with Crippen molar-refractivity contribution >= 4 is 198 Å². The molecule has 0 heterocycles. The number of primary amides is 1. The number of hydrogen-bond donors (Lipinski definition) is 6. The molecule has 1 amide bonds. The van der Waals surface area contributed by atoms with Gasteiger partial charge in [-0.3, -0.25) is 14.4 Å². The Labute approximate surface area is 382 Å². The Kier molecular flexibility index (Phi) is 77.9. The van der Waals surface area contributed by atoms with Crippen molar-refractivity contribution in [3.8, 4) is 5.75 Å². The lowest BCUT2D eigenvalue weighted by molar-refractivity contribution is -0.141. The van der Waals surface area contributed by atoms with Gasteiger partial charge in [0.25, 0.3) is 0 Å². The molecule has 2 atom stereocenters. The van der Waals surface area contributed by atoms with E-state index in [0.717, 1.165) is 6.54 Å². The van der Waals surface area contributed by atoms with E-state index in [1.54, 1.807) is 38.1 Å². The van der Waals surface area contributed by atoms with E-state index in [4.69, 9.17) is 31.2 Å². The van der Waals surface area contributed by atoms with Crippen molar-refractivity contribution in [2.24, 2.45) is 23.3 Å². The number of rotatable bonds is 13. The highest BCUT2D eigenvalue weighted by Gasteiger charge is 2.24. The minimum absolute atomic E-state index is 0. The number of benzene rings is 1. The fourth-order valence-electron chi connectivity index (χ4n) is 2.38. The van der Waals surface area contributed by atoms with Gasteiger partial charge in [0.05, 0.1) is 12.5 Å². The van der Waals surface area contributed by atoms with Crippen molar-refractivity contribution in [3.63, 3.8) is 0 Å². The molecule has 1 rings (SSSR count). The molecule has 0 aromatic heterocycles. The monoisotopic (exact) mass is 1430 g/mol. The quantitative estimate of drug-likeness (QED) is 0.0664. The molecule has 0 spiro atoms. The van der Waals surface area contributed by atoms with Gasteiger partial charge in [-0.25, -0.2) is 4.78 Å². The molecule has 2 unspecified atom stereocenters. The average molecular weight is 1430 g/mol. The van der Waals surface area contributed by atoms with Gasteiger partial charge >= 0.3 is 5.97 Å². The number of aliphatic hydroxyl groups is 2. The Morgan fingerprint density at radius 3 is 1.60 bits per heavy atom. The molecule has 10 nitrogen and oxygen atoms in total. The molecule has 0 radical (unpaired) electrons. The van der Waals surface area contributed by atoms with E-state index in [1.807, 2.05) is 0 Å². The molecule has 0 saturated heterocycles. The van der Waals surface area contributed by atoms with Gasteiger partial charge < -0.3 is 31.5 Å². The zero-order valence-electron chi connectivity index (χ0n) is 25.0. The highest BCUT2D eigenvalue weighted by atomic mass is 127. The molecule has 1 aromatic rings. The lowest BCUT2D eigenvalue weighted by atomic mass is 9.97. The van der Waals surface area contributed by atoms with Gasteiger partial charge in [0, 0.05) is 23.9 Å². The normalized spacial score (nSPS) is 9.77. The Hall–Kier alpha value is 2.64. The Morgan fingerprint density at radius 1 is 0.907 bits per heavy atom. The van der Waals surface area contributed by atoms with Crippen LogP contribution in [-0.4, -0.2) is 58.3 Å². The number of hydrogen-bond acceptors (Lipinski definition) is 9. The minimum atomic E-state index is -1.37. The summed E-state index contributed by atoms with van der Waals surface area (Å²) in [6.07, 6.45) is 4.80. The molecule has 264 valence electrons. The molecule has 43 heavy (non-hydrogen) atoms. The minimum Gasteiger partial charge on any atom is -0.491 e. The smallest absolute Gasteiger partial charge is 0.306 e. The molecule has 0 aliphatic carbocycles. The molecule has 1 aromatic carbocycles. The van der Waals surface area contributed by atoms with Gasteiger partial charge in [-0.1, -0.05) is 33.6 Å². The van der Waals surface area contributed by atoms with Crippen molar-refractivity contribution in [2.75, 3.05) is 19.8 Å². The van der Waals surface area contributed by atoms with Crippen LogP contribution in [0.2, 0.25) is 0 Å². The molecule has 18 heteroatoms. The van der Waals surface area contributed by atoms with Crippen molar-refractivity contribution < 1.29 is 34.4 Å². The van der Waals surface area contributed by atoms with Crippen LogP contribution in [0, 0.1) is 16.6 Å². The van der Waals surface area contributed by atoms with Crippen molar-refractivity contribution in [1.29, 1.82) is 4.78 Å². The first-order valence-electron chi connectivity index (χ1n) is 11.8. The molecular weight excluding hydrogens is 1370 g/mol. The highest BCUT2D eigenvalue weighted by molar-refractivity contribution is 14.0. The van der Waals surface area contributed by atoms with Crippen LogP contribution in [-0.2, 0) is 22.0 Å². The standard InChI is InChI=1S/C12H16O4.C8H15NO3.C5H13N.7HI.HNS/c1-12(2,15)11(14)9-3-5-10(6-4-9)16-8-7-13;1-5(7(9)10)3-4-6(2)8(11)12;1-2-3-4-5-6;;;;;;;;1-2/h3-6,13,15H,7-8H2,1-2H3;5-6H,3-4H2,1-2H3,(H2,9,10)(H,11,12);2-6H2,1H3;7*1H;1H. The van der Waals surface area contributed by atoms with Crippen molar-refractivity contribution in [3.05, 3.63) is 29.8 Å². The van der Waals surface area contributed by atoms with Gasteiger partial charge in [-0.05, 0) is 63.9 Å². The van der Waals surface area contributed by atoms with E-state index in [2.05, 4.69) is 19.3 Å². The number of carboxylic acids is 1. The zero-order chi connectivity index (χ0) is 28.7. The summed E-state index contributed by atoms with van der Waals surface area (Å²) in [5, 5.41) is 26.6. The summed E-state index contributed by atoms with van der Waals surface area (Å²) < 4.78 is 10.5. The number of carbonyl (C=O) groups excluding carboxylic acids is 2. The third-order valence-electron chi connectivity index (χ3n) is 4.78. The summed E-state index contributed by atoms with van der Waals surface area (Å²) in [7, 11) is 0. The van der Waals surface area contributed by atoms with E-state index in [1.165, 1.54) is 33.1 Å². The molecule has 0 bridgehead atoms. The Bertz CT molecular complexity index is 729. The Morgan fingerprint density at radius 2 is 1.33 bits per heavy atom. The summed E-state index contributed by atoms with van der Waals surface area (Å²) in [6.45, 7) is 9.43. The largest absolute Gasteiger partial charge is 0.491 e. The van der Waals surface area contributed by atoms with E-state index in [0.29, 0.717) is 24.2 Å². The maximum atomic E-state index is 11.7. The van der Waals surface area contributed by atoms with E-state index >= 15 is 0 Å². The number of aliphatic hydroxyl groups excluding tert-OH is 1. The van der Waals surface area contributed by atoms with Crippen LogP contribution in [0.15, 0.2) is 24.3 Å². The number of amides is 1. The number of aliphatic carboxylic acids is 1. The Balaban J connectivity index is -0.0000000457. The first kappa shape index (κ1) is 71.6. The topological polar surface area (TPSA) is 197 Å². The number of ketones is 1. The van der Waals surface area contributed by atoms with Crippen LogP contribution in [0.25, 0.3) is 0 Å². The van der Waals surface area contributed by atoms with Crippen LogP contribution in [0.5, 0.6) is 5.75 Å². The number of halogens is 7. The van der Waals surface area contributed by atoms with E-state index < -0.39 is 17.5 Å². The molecule has 0 aliphatic rings. The van der Waals surface area contributed by atoms with Gasteiger partial charge in [0.1, 0.15) is 18.0 Å². The average Bonchev–Trinajstić information content (AvgIpc) is 2.85. The van der Waals surface area contributed by atoms with Gasteiger partial charge in [-0.15, -0.1) is 168 Å². The lowest BCUT2D eigenvalue weighted by Gasteiger charge is -2.15. The van der Waals surface area contributed by atoms with Crippen molar-refractivity contribution in [1.82, 2.24) is 0 Å². The first-order valence-corrected chi connectivity index (χ1v) is 12.3. The summed E-state index contributed by atoms with van der Waals surface area (Å²) in [4.78, 5) is 32.6. The van der Waals surface area contributed by atoms with Crippen LogP contribution in [0.3, 0.4) is 0 Å². The number of unbranched alkanes of at least 4 members (excludes halogenated alkanes) is 2. The summed E-state index contributed by atoms with van der Waals surface area (Å²) in [6, 6.07) is 6.45. The summed E-state index contributed by atoms with van der Waals surface area (Å²) in [5.74, 6) is -1.57. The number of Topliss-reactive ketones (excluding diaryl/α,β-unsaturated/α-hetero) is 1. The fourth-order valence-corrected chi connectivity index (χ4v) is 2.38. The maximum Gasteiger partial charge on any atom is 0.306 e. The maximum absolute atomic E-state index is 11.7. The van der Waals surface area contributed by atoms with Gasteiger partial charge in [-0.2, -0.15) is 0 Å². The fraction of sp³-hybridized carbons (Fsp3) is 0.640. The number of ether oxygens (including phenoxy) is 1. The van der Waals surface area contributed by atoms with Gasteiger partial charge in [0.15, 0.2) is 5.78 Å². The van der Waals surface area contributed by atoms with E-state index in [-0.39, 0.29) is 199 Å². The molecule has 0 fully saturated rings. The zero-order valence-corrected chi connectivity index (χ0v) is 42.1. The van der Waals surface area contributed by atoms with Crippen LogP contribution in [0.1, 0.15) is 77.1 Å². The predicted molar refractivity (Wildman–Crippen MR) is 251 cm³/mol. The second-order valence-corrected chi connectivity index (χ2v) is 8.60. The second kappa shape index (κ2) is 46.8. The number of nitrogens with one attached hydrogen (secondary N) is 1. The van der Waals surface area contributed by atoms with E-state index in [9.17, 15) is 19.5 Å². The highest BCUT2D eigenvalue weighted by Crippen LogP contribution is 2.17. The third kappa shape index (κ3) is 44.6. The first-order chi connectivity index (χ1) is 16.8. The number of carbonyl (C=O) groups is 3. The summed E-state index contributed by atoms with van der Waals surface area (Å²) >= 11 is 3.33. The molecule has 0 aliphatic heterocycles. The molecule has 8 N–H and O–H groups in total. The predicted octanol–water partition coefficient (Wildman–Crippen LogP) is 7.38.